The maximum atomic E-state index is 12.6. The Hall–Kier alpha value is -2.79. The van der Waals surface area contributed by atoms with Gasteiger partial charge in [-0.2, -0.15) is 0 Å². The van der Waals surface area contributed by atoms with E-state index in [1.165, 1.54) is 16.7 Å². The third kappa shape index (κ3) is 3.37. The lowest BCUT2D eigenvalue weighted by Crippen LogP contribution is -2.32. The number of aryl methyl sites for hydroxylation is 2. The molecule has 1 aromatic heterocycles. The molecule has 0 atom stereocenters. The second kappa shape index (κ2) is 7.80. The van der Waals surface area contributed by atoms with Crippen molar-refractivity contribution in [1.82, 2.24) is 4.90 Å². The molecule has 0 saturated carbocycles. The van der Waals surface area contributed by atoms with Gasteiger partial charge in [-0.05, 0) is 61.9 Å². The van der Waals surface area contributed by atoms with Crippen molar-refractivity contribution in [2.45, 2.75) is 52.1 Å². The SMILES string of the molecule is COc1ccc(CN2COc3c(cc4c5c(c(=O)oc4c3C)CCCCC5)C2)cc1. The Bertz CT molecular complexity index is 1150. The molecule has 5 rings (SSSR count). The van der Waals surface area contributed by atoms with Gasteiger partial charge in [0.05, 0.1) is 7.11 Å². The van der Waals surface area contributed by atoms with Crippen molar-refractivity contribution >= 4 is 11.0 Å². The van der Waals surface area contributed by atoms with Gasteiger partial charge < -0.3 is 13.9 Å². The van der Waals surface area contributed by atoms with E-state index in [0.29, 0.717) is 12.3 Å². The quantitative estimate of drug-likeness (QED) is 0.466. The van der Waals surface area contributed by atoms with Crippen LogP contribution in [0.3, 0.4) is 0 Å². The summed E-state index contributed by atoms with van der Waals surface area (Å²) in [5.74, 6) is 1.73. The summed E-state index contributed by atoms with van der Waals surface area (Å²) in [5.41, 5.74) is 5.93. The maximum Gasteiger partial charge on any atom is 0.339 e. The molecule has 0 fully saturated rings. The summed E-state index contributed by atoms with van der Waals surface area (Å²) < 4.78 is 17.2. The second-order valence-electron chi connectivity index (χ2n) is 8.38. The highest BCUT2D eigenvalue weighted by molar-refractivity contribution is 5.87. The molecule has 0 N–H and O–H groups in total. The van der Waals surface area contributed by atoms with Crippen molar-refractivity contribution in [3.63, 3.8) is 0 Å². The first-order chi connectivity index (χ1) is 14.6. The molecule has 2 aromatic carbocycles. The van der Waals surface area contributed by atoms with Crippen molar-refractivity contribution in [1.29, 1.82) is 0 Å². The lowest BCUT2D eigenvalue weighted by atomic mass is 9.95. The minimum Gasteiger partial charge on any atom is -0.497 e. The van der Waals surface area contributed by atoms with E-state index in [-0.39, 0.29) is 5.63 Å². The highest BCUT2D eigenvalue weighted by Gasteiger charge is 2.25. The monoisotopic (exact) mass is 405 g/mol. The van der Waals surface area contributed by atoms with E-state index in [2.05, 4.69) is 23.1 Å². The molecule has 5 heteroatoms. The Balaban J connectivity index is 1.51. The fraction of sp³-hybridized carbons (Fsp3) is 0.400. The zero-order chi connectivity index (χ0) is 20.7. The summed E-state index contributed by atoms with van der Waals surface area (Å²) in [6.07, 6.45) is 5.13. The zero-order valence-electron chi connectivity index (χ0n) is 17.6. The predicted octanol–water partition coefficient (Wildman–Crippen LogP) is 4.73. The molecule has 2 heterocycles. The van der Waals surface area contributed by atoms with Gasteiger partial charge >= 0.3 is 5.63 Å². The second-order valence-corrected chi connectivity index (χ2v) is 8.38. The van der Waals surface area contributed by atoms with Gasteiger partial charge in [0.15, 0.2) is 0 Å². The standard InChI is InChI=1S/C25H27NO4/c1-16-23-18(14-26(15-29-23)13-17-8-10-19(28-2)11-9-17)12-22-20-6-4-3-5-7-21(20)25(27)30-24(16)22/h8-12H,3-7,13-15H2,1-2H3. The van der Waals surface area contributed by atoms with Crippen LogP contribution in [0.25, 0.3) is 11.0 Å². The van der Waals surface area contributed by atoms with Crippen molar-refractivity contribution in [3.8, 4) is 11.5 Å². The van der Waals surface area contributed by atoms with E-state index in [4.69, 9.17) is 13.9 Å². The molecule has 0 radical (unpaired) electrons. The average molecular weight is 405 g/mol. The van der Waals surface area contributed by atoms with Crippen LogP contribution in [-0.4, -0.2) is 18.7 Å². The van der Waals surface area contributed by atoms with Gasteiger partial charge in [0.25, 0.3) is 0 Å². The van der Waals surface area contributed by atoms with E-state index in [1.54, 1.807) is 7.11 Å². The number of fused-ring (bicyclic) bond motifs is 4. The lowest BCUT2D eigenvalue weighted by Gasteiger charge is -2.30. The molecule has 0 amide bonds. The maximum absolute atomic E-state index is 12.6. The van der Waals surface area contributed by atoms with Gasteiger partial charge in [0, 0.05) is 35.2 Å². The molecule has 1 aliphatic carbocycles. The van der Waals surface area contributed by atoms with Crippen LogP contribution < -0.4 is 15.1 Å². The van der Waals surface area contributed by atoms with Crippen LogP contribution in [0.1, 0.15) is 47.1 Å². The molecule has 30 heavy (non-hydrogen) atoms. The number of hydrogen-bond donors (Lipinski definition) is 0. The first-order valence-electron chi connectivity index (χ1n) is 10.7. The number of benzene rings is 2. The zero-order valence-corrected chi connectivity index (χ0v) is 17.6. The van der Waals surface area contributed by atoms with Crippen LogP contribution in [-0.2, 0) is 25.9 Å². The van der Waals surface area contributed by atoms with E-state index in [9.17, 15) is 4.79 Å². The van der Waals surface area contributed by atoms with Crippen molar-refractivity contribution in [2.24, 2.45) is 0 Å². The molecule has 156 valence electrons. The summed E-state index contributed by atoms with van der Waals surface area (Å²) in [6, 6.07) is 10.4. The fourth-order valence-electron chi connectivity index (χ4n) is 4.82. The normalized spacial score (nSPS) is 16.5. The minimum atomic E-state index is -0.167. The summed E-state index contributed by atoms with van der Waals surface area (Å²) in [5, 5.41) is 1.10. The van der Waals surface area contributed by atoms with E-state index >= 15 is 0 Å². The Morgan fingerprint density at radius 3 is 2.60 bits per heavy atom. The molecular weight excluding hydrogens is 378 g/mol. The van der Waals surface area contributed by atoms with Crippen molar-refractivity contribution in [3.05, 3.63) is 68.6 Å². The molecule has 3 aromatic rings. The molecule has 0 bridgehead atoms. The van der Waals surface area contributed by atoms with Gasteiger partial charge in [0.1, 0.15) is 23.8 Å². The van der Waals surface area contributed by atoms with Gasteiger partial charge in [-0.25, -0.2) is 4.79 Å². The van der Waals surface area contributed by atoms with E-state index in [1.807, 2.05) is 19.1 Å². The number of nitrogens with zero attached hydrogens (tertiary/aromatic N) is 1. The smallest absolute Gasteiger partial charge is 0.339 e. The summed E-state index contributed by atoms with van der Waals surface area (Å²) in [7, 11) is 1.68. The Kier molecular flexibility index (Phi) is 4.99. The Labute approximate surface area is 176 Å². The summed E-state index contributed by atoms with van der Waals surface area (Å²) in [4.78, 5) is 14.9. The third-order valence-corrected chi connectivity index (χ3v) is 6.37. The molecule has 2 aliphatic rings. The molecule has 0 saturated heterocycles. The first kappa shape index (κ1) is 19.2. The predicted molar refractivity (Wildman–Crippen MR) is 116 cm³/mol. The molecule has 1 aliphatic heterocycles. The first-order valence-corrected chi connectivity index (χ1v) is 10.7. The fourth-order valence-corrected chi connectivity index (χ4v) is 4.82. The summed E-state index contributed by atoms with van der Waals surface area (Å²) in [6.45, 7) is 4.14. The highest BCUT2D eigenvalue weighted by atomic mass is 16.5. The molecule has 0 unspecified atom stereocenters. The largest absolute Gasteiger partial charge is 0.497 e. The van der Waals surface area contributed by atoms with E-state index < -0.39 is 0 Å². The van der Waals surface area contributed by atoms with E-state index in [0.717, 1.165) is 73.2 Å². The Morgan fingerprint density at radius 2 is 1.83 bits per heavy atom. The number of methoxy groups -OCH3 is 1. The highest BCUT2D eigenvalue weighted by Crippen LogP contribution is 2.37. The molecular formula is C25H27NO4. The van der Waals surface area contributed by atoms with Gasteiger partial charge in [-0.1, -0.05) is 18.6 Å². The summed E-state index contributed by atoms with van der Waals surface area (Å²) >= 11 is 0. The minimum absolute atomic E-state index is 0.167. The number of ether oxygens (including phenoxy) is 2. The van der Waals surface area contributed by atoms with Crippen molar-refractivity contribution < 1.29 is 13.9 Å². The van der Waals surface area contributed by atoms with Gasteiger partial charge in [-0.3, -0.25) is 4.90 Å². The van der Waals surface area contributed by atoms with Crippen LogP contribution in [0, 0.1) is 6.92 Å². The average Bonchev–Trinajstić information content (AvgIpc) is 3.02. The third-order valence-electron chi connectivity index (χ3n) is 6.37. The Morgan fingerprint density at radius 1 is 1.07 bits per heavy atom. The van der Waals surface area contributed by atoms with Gasteiger partial charge in [-0.15, -0.1) is 0 Å². The molecule has 0 spiro atoms. The lowest BCUT2D eigenvalue weighted by molar-refractivity contribution is 0.0881. The van der Waals surface area contributed by atoms with Gasteiger partial charge in [0.2, 0.25) is 0 Å². The molecule has 5 nitrogen and oxygen atoms in total. The number of rotatable bonds is 3. The van der Waals surface area contributed by atoms with Crippen LogP contribution in [0.5, 0.6) is 11.5 Å². The van der Waals surface area contributed by atoms with Crippen LogP contribution in [0.15, 0.2) is 39.5 Å². The van der Waals surface area contributed by atoms with Crippen molar-refractivity contribution in [2.75, 3.05) is 13.8 Å². The van der Waals surface area contributed by atoms with Crippen LogP contribution >= 0.6 is 0 Å². The number of hydrogen-bond acceptors (Lipinski definition) is 5. The van der Waals surface area contributed by atoms with Crippen LogP contribution in [0.4, 0.5) is 0 Å². The topological polar surface area (TPSA) is 51.9 Å². The van der Waals surface area contributed by atoms with Crippen LogP contribution in [0.2, 0.25) is 0 Å².